The maximum Gasteiger partial charge on any atom is 0.226 e. The van der Waals surface area contributed by atoms with Gasteiger partial charge in [0.1, 0.15) is 0 Å². The highest BCUT2D eigenvalue weighted by Crippen LogP contribution is 2.39. The van der Waals surface area contributed by atoms with E-state index in [9.17, 15) is 4.79 Å². The summed E-state index contributed by atoms with van der Waals surface area (Å²) in [5.74, 6) is -0.0387. The van der Waals surface area contributed by atoms with Gasteiger partial charge in [0, 0.05) is 54.8 Å². The second kappa shape index (κ2) is 10.7. The van der Waals surface area contributed by atoms with Crippen molar-refractivity contribution in [1.29, 1.82) is 0 Å². The molecule has 1 aliphatic rings. The number of amides is 1. The summed E-state index contributed by atoms with van der Waals surface area (Å²) in [6.07, 6.45) is 8.55. The molecule has 4 heterocycles. The van der Waals surface area contributed by atoms with E-state index in [0.717, 1.165) is 34.7 Å². The van der Waals surface area contributed by atoms with Crippen LogP contribution in [0.3, 0.4) is 0 Å². The number of carbonyl (C=O) groups excluding carboxylic acids is 1. The first-order chi connectivity index (χ1) is 17.7. The van der Waals surface area contributed by atoms with Crippen LogP contribution in [0.4, 0.5) is 5.69 Å². The number of nitrogens with zero attached hydrogens (tertiary/aromatic N) is 4. The zero-order valence-corrected chi connectivity index (χ0v) is 20.9. The molecule has 0 aliphatic carbocycles. The van der Waals surface area contributed by atoms with Crippen molar-refractivity contribution in [3.05, 3.63) is 108 Å². The number of nitrogens with one attached hydrogen (secondary N) is 2. The molecule has 0 radical (unpaired) electrons. The van der Waals surface area contributed by atoms with Crippen molar-refractivity contribution in [2.24, 2.45) is 0 Å². The lowest BCUT2D eigenvalue weighted by molar-refractivity contribution is -0.116. The van der Waals surface area contributed by atoms with Crippen LogP contribution in [0.25, 0.3) is 5.69 Å². The monoisotopic (exact) mass is 496 g/mol. The first-order valence-corrected chi connectivity index (χ1v) is 12.5. The molecular formula is C28H28N6OS. The Hall–Kier alpha value is -4.04. The summed E-state index contributed by atoms with van der Waals surface area (Å²) in [6.45, 7) is 2.56. The van der Waals surface area contributed by atoms with Gasteiger partial charge in [-0.05, 0) is 66.7 Å². The molecule has 8 heteroatoms. The van der Waals surface area contributed by atoms with Gasteiger partial charge in [0.2, 0.25) is 5.91 Å². The fourth-order valence-electron chi connectivity index (χ4n) is 4.73. The third kappa shape index (κ3) is 4.85. The van der Waals surface area contributed by atoms with Crippen LogP contribution in [0.5, 0.6) is 0 Å². The molecule has 1 aromatic carbocycles. The number of thiocarbonyl (C=S) groups is 1. The molecule has 2 N–H and O–H groups in total. The van der Waals surface area contributed by atoms with Gasteiger partial charge in [-0.2, -0.15) is 0 Å². The average Bonchev–Trinajstić information content (AvgIpc) is 3.53. The number of hydrogen-bond donors (Lipinski definition) is 2. The van der Waals surface area contributed by atoms with E-state index in [1.54, 1.807) is 18.6 Å². The largest absolute Gasteiger partial charge is 0.352 e. The summed E-state index contributed by atoms with van der Waals surface area (Å²) in [4.78, 5) is 23.8. The minimum absolute atomic E-state index is 0.0387. The highest BCUT2D eigenvalue weighted by atomic mass is 32.1. The maximum absolute atomic E-state index is 13.0. The van der Waals surface area contributed by atoms with Crippen LogP contribution in [-0.4, -0.2) is 37.0 Å². The number of hydrogen-bond acceptors (Lipinski definition) is 4. The Morgan fingerprint density at radius 3 is 2.61 bits per heavy atom. The van der Waals surface area contributed by atoms with Crippen LogP contribution in [0.1, 0.15) is 42.4 Å². The van der Waals surface area contributed by atoms with E-state index in [2.05, 4.69) is 43.1 Å². The fraction of sp³-hybridized carbons (Fsp3) is 0.214. The summed E-state index contributed by atoms with van der Waals surface area (Å²) in [5.41, 5.74) is 4.95. The van der Waals surface area contributed by atoms with Crippen molar-refractivity contribution < 1.29 is 4.79 Å². The molecule has 182 valence electrons. The Balaban J connectivity index is 1.43. The van der Waals surface area contributed by atoms with Crippen LogP contribution >= 0.6 is 12.2 Å². The van der Waals surface area contributed by atoms with E-state index in [0.29, 0.717) is 18.1 Å². The second-order valence-electron chi connectivity index (χ2n) is 8.64. The summed E-state index contributed by atoms with van der Waals surface area (Å²) in [6, 6.07) is 21.6. The fourth-order valence-corrected chi connectivity index (χ4v) is 5.06. The van der Waals surface area contributed by atoms with Crippen molar-refractivity contribution in [3.8, 4) is 5.69 Å². The minimum atomic E-state index is -0.155. The Kier molecular flexibility index (Phi) is 7.04. The molecular weight excluding hydrogens is 468 g/mol. The molecule has 0 spiro atoms. The Morgan fingerprint density at radius 2 is 1.83 bits per heavy atom. The smallest absolute Gasteiger partial charge is 0.226 e. The van der Waals surface area contributed by atoms with Gasteiger partial charge in [-0.1, -0.05) is 31.2 Å². The van der Waals surface area contributed by atoms with Crippen molar-refractivity contribution in [2.75, 3.05) is 11.9 Å². The molecule has 5 rings (SSSR count). The predicted molar refractivity (Wildman–Crippen MR) is 145 cm³/mol. The summed E-state index contributed by atoms with van der Waals surface area (Å²) in [5, 5.41) is 7.15. The average molecular weight is 497 g/mol. The second-order valence-corrected chi connectivity index (χ2v) is 9.02. The number of rotatable bonds is 8. The van der Waals surface area contributed by atoms with Gasteiger partial charge in [-0.3, -0.25) is 14.8 Å². The van der Waals surface area contributed by atoms with Gasteiger partial charge < -0.3 is 20.1 Å². The van der Waals surface area contributed by atoms with Crippen molar-refractivity contribution >= 4 is 28.9 Å². The molecule has 1 fully saturated rings. The lowest BCUT2D eigenvalue weighted by atomic mass is 10.0. The number of pyridine rings is 2. The Morgan fingerprint density at radius 1 is 1.03 bits per heavy atom. The SMILES string of the molecule is CCc1ccccc1NC(=O)CCN1C(=S)N[C@H](c2ccccn2)[C@@H]1c1cccn1-c1ccncc1. The predicted octanol–water partition coefficient (Wildman–Crippen LogP) is 4.83. The van der Waals surface area contributed by atoms with Crippen LogP contribution in [0.2, 0.25) is 0 Å². The minimum Gasteiger partial charge on any atom is -0.352 e. The lowest BCUT2D eigenvalue weighted by Gasteiger charge is -2.28. The first kappa shape index (κ1) is 23.7. The zero-order valence-electron chi connectivity index (χ0n) is 20.0. The standard InChI is InChI=1S/C28H28N6OS/c1-2-20-8-3-4-9-22(20)31-25(35)14-19-34-27(26(32-28(34)36)23-10-5-6-15-30-23)24-11-7-18-33(24)21-12-16-29-17-13-21/h3-13,15-18,26-27H,2,14,19H2,1H3,(H,31,35)(H,32,36)/t26-,27+/m1/s1. The number of carbonyl (C=O) groups is 1. The molecule has 0 unspecified atom stereocenters. The van der Waals surface area contributed by atoms with Crippen LogP contribution in [-0.2, 0) is 11.2 Å². The highest BCUT2D eigenvalue weighted by molar-refractivity contribution is 7.80. The van der Waals surface area contributed by atoms with E-state index in [1.165, 1.54) is 0 Å². The molecule has 36 heavy (non-hydrogen) atoms. The summed E-state index contributed by atoms with van der Waals surface area (Å²) >= 11 is 5.79. The highest BCUT2D eigenvalue weighted by Gasteiger charge is 2.41. The number of aromatic nitrogens is 3. The number of para-hydroxylation sites is 1. The molecule has 1 aliphatic heterocycles. The molecule has 3 aromatic heterocycles. The summed E-state index contributed by atoms with van der Waals surface area (Å²) in [7, 11) is 0. The first-order valence-electron chi connectivity index (χ1n) is 12.1. The van der Waals surface area contributed by atoms with Crippen LogP contribution < -0.4 is 10.6 Å². The van der Waals surface area contributed by atoms with Crippen molar-refractivity contribution in [2.45, 2.75) is 31.8 Å². The van der Waals surface area contributed by atoms with Gasteiger partial charge in [0.05, 0.1) is 17.8 Å². The molecule has 2 atom stereocenters. The molecule has 1 amide bonds. The molecule has 7 nitrogen and oxygen atoms in total. The van der Waals surface area contributed by atoms with Gasteiger partial charge >= 0.3 is 0 Å². The third-order valence-electron chi connectivity index (χ3n) is 6.47. The Bertz CT molecular complexity index is 1340. The molecule has 0 bridgehead atoms. The number of aryl methyl sites for hydroxylation is 1. The summed E-state index contributed by atoms with van der Waals surface area (Å²) < 4.78 is 2.14. The van der Waals surface area contributed by atoms with Crippen LogP contribution in [0, 0.1) is 0 Å². The molecule has 1 saturated heterocycles. The van der Waals surface area contributed by atoms with E-state index in [-0.39, 0.29) is 18.0 Å². The zero-order chi connectivity index (χ0) is 24.9. The topological polar surface area (TPSA) is 75.1 Å². The lowest BCUT2D eigenvalue weighted by Crippen LogP contribution is -2.33. The number of anilines is 1. The number of benzene rings is 1. The van der Waals surface area contributed by atoms with E-state index >= 15 is 0 Å². The van der Waals surface area contributed by atoms with Gasteiger partial charge in [0.15, 0.2) is 5.11 Å². The quantitative estimate of drug-likeness (QED) is 0.340. The maximum atomic E-state index is 13.0. The van der Waals surface area contributed by atoms with Crippen molar-refractivity contribution in [3.63, 3.8) is 0 Å². The normalized spacial score (nSPS) is 17.1. The molecule has 0 saturated carbocycles. The van der Waals surface area contributed by atoms with Crippen molar-refractivity contribution in [1.82, 2.24) is 24.8 Å². The van der Waals surface area contributed by atoms with Gasteiger partial charge in [0.25, 0.3) is 0 Å². The Labute approximate surface area is 216 Å². The van der Waals surface area contributed by atoms with E-state index in [1.807, 2.05) is 66.9 Å². The van der Waals surface area contributed by atoms with E-state index in [4.69, 9.17) is 12.2 Å². The third-order valence-corrected chi connectivity index (χ3v) is 6.83. The van der Waals surface area contributed by atoms with Gasteiger partial charge in [-0.15, -0.1) is 0 Å². The van der Waals surface area contributed by atoms with E-state index < -0.39 is 0 Å². The molecule has 4 aromatic rings. The van der Waals surface area contributed by atoms with Crippen LogP contribution in [0.15, 0.2) is 91.5 Å². The van der Waals surface area contributed by atoms with Gasteiger partial charge in [-0.25, -0.2) is 0 Å².